The fourth-order valence-corrected chi connectivity index (χ4v) is 3.41. The van der Waals surface area contributed by atoms with Gasteiger partial charge in [0, 0.05) is 39.1 Å². The van der Waals surface area contributed by atoms with Gasteiger partial charge in [0.2, 0.25) is 11.8 Å². The monoisotopic (exact) mass is 345 g/mol. The van der Waals surface area contributed by atoms with E-state index >= 15 is 0 Å². The minimum Gasteiger partial charge on any atom is -0.379 e. The van der Waals surface area contributed by atoms with E-state index in [1.165, 1.54) is 0 Å². The van der Waals surface area contributed by atoms with Crippen molar-refractivity contribution >= 4 is 11.8 Å². The van der Waals surface area contributed by atoms with Crippen molar-refractivity contribution in [2.45, 2.75) is 19.4 Å². The van der Waals surface area contributed by atoms with Crippen molar-refractivity contribution in [1.82, 2.24) is 15.1 Å². The van der Waals surface area contributed by atoms with E-state index in [4.69, 9.17) is 4.74 Å². The van der Waals surface area contributed by atoms with Crippen LogP contribution in [-0.2, 0) is 14.3 Å². The molecule has 0 bridgehead atoms. The Labute approximate surface area is 149 Å². The van der Waals surface area contributed by atoms with Crippen LogP contribution in [0.15, 0.2) is 30.3 Å². The molecule has 136 valence electrons. The summed E-state index contributed by atoms with van der Waals surface area (Å²) >= 11 is 0. The van der Waals surface area contributed by atoms with Gasteiger partial charge in [0.05, 0.1) is 25.2 Å². The lowest BCUT2D eigenvalue weighted by Gasteiger charge is -2.28. The first kappa shape index (κ1) is 17.9. The predicted molar refractivity (Wildman–Crippen MR) is 94.9 cm³/mol. The molecule has 2 fully saturated rings. The van der Waals surface area contributed by atoms with Crippen molar-refractivity contribution < 1.29 is 14.3 Å². The standard InChI is InChI=1S/C19H27N3O3/c1-15(16-5-3-2-4-6-16)20-19(24)17-13-18(23)22(14-17)8-7-21-9-11-25-12-10-21/h2-6,15,17H,7-14H2,1H3,(H,20,24)/t15-,17-/m1/s1. The van der Waals surface area contributed by atoms with Crippen LogP contribution in [0.1, 0.15) is 24.9 Å². The Morgan fingerprint density at radius 3 is 2.68 bits per heavy atom. The zero-order chi connectivity index (χ0) is 17.6. The van der Waals surface area contributed by atoms with Gasteiger partial charge in [0.1, 0.15) is 0 Å². The Balaban J connectivity index is 1.47. The number of likely N-dealkylation sites (tertiary alicyclic amines) is 1. The van der Waals surface area contributed by atoms with Gasteiger partial charge in [-0.3, -0.25) is 14.5 Å². The molecule has 3 rings (SSSR count). The first-order valence-electron chi connectivity index (χ1n) is 9.06. The molecule has 25 heavy (non-hydrogen) atoms. The van der Waals surface area contributed by atoms with Crippen LogP contribution in [-0.4, -0.2) is 67.6 Å². The third kappa shape index (κ3) is 4.80. The fourth-order valence-electron chi connectivity index (χ4n) is 3.41. The highest BCUT2D eigenvalue weighted by molar-refractivity contribution is 5.89. The summed E-state index contributed by atoms with van der Waals surface area (Å²) < 4.78 is 5.34. The Kier molecular flexibility index (Phi) is 6.04. The maximum atomic E-state index is 12.5. The van der Waals surface area contributed by atoms with E-state index < -0.39 is 0 Å². The van der Waals surface area contributed by atoms with E-state index in [2.05, 4.69) is 10.2 Å². The first-order valence-corrected chi connectivity index (χ1v) is 9.06. The minimum atomic E-state index is -0.247. The predicted octanol–water partition coefficient (Wildman–Crippen LogP) is 1.04. The highest BCUT2D eigenvalue weighted by Gasteiger charge is 2.34. The summed E-state index contributed by atoms with van der Waals surface area (Å²) in [6.45, 7) is 7.39. The topological polar surface area (TPSA) is 61.9 Å². The molecule has 2 atom stereocenters. The second-order valence-corrected chi connectivity index (χ2v) is 6.84. The van der Waals surface area contributed by atoms with Crippen LogP contribution in [0.2, 0.25) is 0 Å². The van der Waals surface area contributed by atoms with Crippen LogP contribution < -0.4 is 5.32 Å². The molecule has 0 spiro atoms. The number of benzene rings is 1. The van der Waals surface area contributed by atoms with E-state index in [1.54, 1.807) is 0 Å². The van der Waals surface area contributed by atoms with E-state index in [1.807, 2.05) is 42.2 Å². The third-order valence-corrected chi connectivity index (χ3v) is 5.03. The number of carbonyl (C=O) groups is 2. The lowest BCUT2D eigenvalue weighted by atomic mass is 10.1. The van der Waals surface area contributed by atoms with Crippen molar-refractivity contribution in [3.8, 4) is 0 Å². The molecule has 2 aliphatic rings. The maximum Gasteiger partial charge on any atom is 0.225 e. The molecule has 6 nitrogen and oxygen atoms in total. The second-order valence-electron chi connectivity index (χ2n) is 6.84. The van der Waals surface area contributed by atoms with Crippen LogP contribution in [0.3, 0.4) is 0 Å². The Morgan fingerprint density at radius 1 is 1.24 bits per heavy atom. The van der Waals surface area contributed by atoms with Gasteiger partial charge in [0.25, 0.3) is 0 Å². The molecule has 1 aromatic carbocycles. The normalized spacial score (nSPS) is 22.8. The number of morpholine rings is 1. The number of carbonyl (C=O) groups excluding carboxylic acids is 2. The third-order valence-electron chi connectivity index (χ3n) is 5.03. The van der Waals surface area contributed by atoms with Crippen molar-refractivity contribution in [2.75, 3.05) is 45.9 Å². The summed E-state index contributed by atoms with van der Waals surface area (Å²) in [7, 11) is 0. The van der Waals surface area contributed by atoms with E-state index in [0.29, 0.717) is 19.5 Å². The molecule has 0 unspecified atom stereocenters. The smallest absolute Gasteiger partial charge is 0.225 e. The van der Waals surface area contributed by atoms with Gasteiger partial charge in [-0.1, -0.05) is 30.3 Å². The van der Waals surface area contributed by atoms with Crippen molar-refractivity contribution in [2.24, 2.45) is 5.92 Å². The molecule has 0 aromatic heterocycles. The number of hydrogen-bond donors (Lipinski definition) is 1. The SMILES string of the molecule is C[C@@H](NC(=O)[C@@H]1CC(=O)N(CCN2CCOCC2)C1)c1ccccc1. The average Bonchev–Trinajstić information content (AvgIpc) is 3.02. The van der Waals surface area contributed by atoms with Gasteiger partial charge < -0.3 is 15.0 Å². The lowest BCUT2D eigenvalue weighted by molar-refractivity contribution is -0.129. The summed E-state index contributed by atoms with van der Waals surface area (Å²) in [5, 5.41) is 3.04. The quantitative estimate of drug-likeness (QED) is 0.837. The molecule has 2 aliphatic heterocycles. The van der Waals surface area contributed by atoms with Crippen molar-refractivity contribution in [3.05, 3.63) is 35.9 Å². The molecule has 2 amide bonds. The highest BCUT2D eigenvalue weighted by atomic mass is 16.5. The molecular formula is C19H27N3O3. The van der Waals surface area contributed by atoms with Gasteiger partial charge in [-0.25, -0.2) is 0 Å². The summed E-state index contributed by atoms with van der Waals surface area (Å²) in [4.78, 5) is 28.9. The summed E-state index contributed by atoms with van der Waals surface area (Å²) in [6, 6.07) is 9.83. The van der Waals surface area contributed by atoms with E-state index in [-0.39, 0.29) is 23.8 Å². The molecule has 1 aromatic rings. The van der Waals surface area contributed by atoms with E-state index in [0.717, 1.165) is 38.4 Å². The van der Waals surface area contributed by atoms with Gasteiger partial charge in [0.15, 0.2) is 0 Å². The van der Waals surface area contributed by atoms with Crippen LogP contribution in [0.5, 0.6) is 0 Å². The summed E-state index contributed by atoms with van der Waals surface area (Å²) in [6.07, 6.45) is 0.316. The lowest BCUT2D eigenvalue weighted by Crippen LogP contribution is -2.42. The number of nitrogens with zero attached hydrogens (tertiary/aromatic N) is 2. The van der Waals surface area contributed by atoms with Crippen molar-refractivity contribution in [1.29, 1.82) is 0 Å². The average molecular weight is 345 g/mol. The zero-order valence-electron chi connectivity index (χ0n) is 14.8. The van der Waals surface area contributed by atoms with Gasteiger partial charge >= 0.3 is 0 Å². The zero-order valence-corrected chi connectivity index (χ0v) is 14.8. The number of nitrogens with one attached hydrogen (secondary N) is 1. The minimum absolute atomic E-state index is 0.0291. The second kappa shape index (κ2) is 8.45. The first-order chi connectivity index (χ1) is 12.1. The van der Waals surface area contributed by atoms with Gasteiger partial charge in [-0.05, 0) is 12.5 Å². The molecular weight excluding hydrogens is 318 g/mol. The number of ether oxygens (including phenoxy) is 1. The van der Waals surface area contributed by atoms with Crippen LogP contribution in [0.25, 0.3) is 0 Å². The van der Waals surface area contributed by atoms with Gasteiger partial charge in [-0.15, -0.1) is 0 Å². The summed E-state index contributed by atoms with van der Waals surface area (Å²) in [5.41, 5.74) is 1.07. The summed E-state index contributed by atoms with van der Waals surface area (Å²) in [5.74, 6) is -0.192. The van der Waals surface area contributed by atoms with Crippen LogP contribution in [0.4, 0.5) is 0 Å². The Bertz CT molecular complexity index is 587. The number of amides is 2. The molecule has 2 heterocycles. The molecule has 1 N–H and O–H groups in total. The van der Waals surface area contributed by atoms with Crippen LogP contribution in [0, 0.1) is 5.92 Å². The van der Waals surface area contributed by atoms with Crippen molar-refractivity contribution in [3.63, 3.8) is 0 Å². The molecule has 2 saturated heterocycles. The largest absolute Gasteiger partial charge is 0.379 e. The number of hydrogen-bond acceptors (Lipinski definition) is 4. The molecule has 0 radical (unpaired) electrons. The highest BCUT2D eigenvalue weighted by Crippen LogP contribution is 2.20. The Hall–Kier alpha value is -1.92. The molecule has 0 aliphatic carbocycles. The van der Waals surface area contributed by atoms with Crippen LogP contribution >= 0.6 is 0 Å². The Morgan fingerprint density at radius 2 is 1.96 bits per heavy atom. The molecule has 6 heteroatoms. The van der Waals surface area contributed by atoms with E-state index in [9.17, 15) is 9.59 Å². The number of rotatable bonds is 6. The maximum absolute atomic E-state index is 12.5. The molecule has 0 saturated carbocycles. The van der Waals surface area contributed by atoms with Gasteiger partial charge in [-0.2, -0.15) is 0 Å². The fraction of sp³-hybridized carbons (Fsp3) is 0.579.